The van der Waals surface area contributed by atoms with Gasteiger partial charge in [0, 0.05) is 31.3 Å². The van der Waals surface area contributed by atoms with Gasteiger partial charge in [0.05, 0.1) is 17.1 Å². The Morgan fingerprint density at radius 3 is 2.83 bits per heavy atom. The number of aromatic nitrogens is 2. The normalized spacial score (nSPS) is 17.5. The van der Waals surface area contributed by atoms with E-state index in [0.29, 0.717) is 13.1 Å². The maximum absolute atomic E-state index is 12.5. The quantitative estimate of drug-likeness (QED) is 0.913. The summed E-state index contributed by atoms with van der Waals surface area (Å²) >= 11 is 0. The molecule has 1 aliphatic heterocycles. The van der Waals surface area contributed by atoms with Crippen LogP contribution >= 0.6 is 0 Å². The predicted molar refractivity (Wildman–Crippen MR) is 88.8 cm³/mol. The molecule has 1 aromatic heterocycles. The zero-order valence-electron chi connectivity index (χ0n) is 13.5. The van der Waals surface area contributed by atoms with Crippen LogP contribution in [0.25, 0.3) is 5.69 Å². The summed E-state index contributed by atoms with van der Waals surface area (Å²) in [5, 5.41) is 16.7. The van der Waals surface area contributed by atoms with Crippen molar-refractivity contribution in [1.29, 1.82) is 0 Å². The fourth-order valence-corrected chi connectivity index (χ4v) is 3.00. The maximum atomic E-state index is 12.5. The van der Waals surface area contributed by atoms with Crippen molar-refractivity contribution in [3.05, 3.63) is 41.7 Å². The van der Waals surface area contributed by atoms with Crippen molar-refractivity contribution in [2.45, 2.75) is 20.3 Å². The van der Waals surface area contributed by atoms with Gasteiger partial charge in [-0.25, -0.2) is 9.48 Å². The lowest BCUT2D eigenvalue weighted by atomic mass is 10.1. The number of nitrogens with one attached hydrogen (secondary N) is 1. The number of hydrogen-bond acceptors (Lipinski definition) is 3. The van der Waals surface area contributed by atoms with Crippen LogP contribution in [-0.4, -0.2) is 45.5 Å². The van der Waals surface area contributed by atoms with Crippen LogP contribution in [-0.2, 0) is 0 Å². The van der Waals surface area contributed by atoms with Gasteiger partial charge in [0.15, 0.2) is 0 Å². The van der Waals surface area contributed by atoms with Gasteiger partial charge >= 0.3 is 6.03 Å². The minimum Gasteiger partial charge on any atom is -0.396 e. The minimum atomic E-state index is -0.130. The number of likely N-dealkylation sites (tertiary alicyclic amines) is 1. The maximum Gasteiger partial charge on any atom is 0.321 e. The van der Waals surface area contributed by atoms with E-state index in [4.69, 9.17) is 0 Å². The Kier molecular flexibility index (Phi) is 4.34. The highest BCUT2D eigenvalue weighted by Crippen LogP contribution is 2.23. The lowest BCUT2D eigenvalue weighted by molar-refractivity contribution is 0.208. The second-order valence-electron chi connectivity index (χ2n) is 6.07. The molecule has 1 aliphatic rings. The molecule has 2 heterocycles. The molecule has 23 heavy (non-hydrogen) atoms. The van der Waals surface area contributed by atoms with Crippen LogP contribution in [0, 0.1) is 19.8 Å². The number of para-hydroxylation sites is 2. The highest BCUT2D eigenvalue weighted by Gasteiger charge is 2.26. The molecule has 6 nitrogen and oxygen atoms in total. The van der Waals surface area contributed by atoms with Gasteiger partial charge in [0.25, 0.3) is 0 Å². The molecule has 122 valence electrons. The van der Waals surface area contributed by atoms with Gasteiger partial charge in [-0.3, -0.25) is 0 Å². The largest absolute Gasteiger partial charge is 0.396 e. The van der Waals surface area contributed by atoms with Gasteiger partial charge in [-0.15, -0.1) is 0 Å². The van der Waals surface area contributed by atoms with E-state index in [-0.39, 0.29) is 18.6 Å². The molecule has 0 radical (unpaired) electrons. The molecule has 3 rings (SSSR count). The highest BCUT2D eigenvalue weighted by molar-refractivity contribution is 5.91. The second kappa shape index (κ2) is 6.42. The van der Waals surface area contributed by atoms with E-state index in [1.54, 1.807) is 4.90 Å². The minimum absolute atomic E-state index is 0.130. The summed E-state index contributed by atoms with van der Waals surface area (Å²) < 4.78 is 1.84. The van der Waals surface area contributed by atoms with Crippen molar-refractivity contribution >= 4 is 11.7 Å². The number of amides is 2. The number of benzene rings is 1. The molecule has 0 bridgehead atoms. The van der Waals surface area contributed by atoms with E-state index < -0.39 is 0 Å². The van der Waals surface area contributed by atoms with Crippen LogP contribution in [0.1, 0.15) is 17.8 Å². The number of hydrogen-bond donors (Lipinski definition) is 2. The van der Waals surface area contributed by atoms with Crippen molar-refractivity contribution in [3.63, 3.8) is 0 Å². The van der Waals surface area contributed by atoms with E-state index in [1.807, 2.05) is 48.9 Å². The number of nitrogens with zero attached hydrogens (tertiary/aromatic N) is 3. The summed E-state index contributed by atoms with van der Waals surface area (Å²) in [7, 11) is 0. The van der Waals surface area contributed by atoms with Gasteiger partial charge in [0.1, 0.15) is 0 Å². The van der Waals surface area contributed by atoms with E-state index >= 15 is 0 Å². The van der Waals surface area contributed by atoms with Crippen molar-refractivity contribution in [2.24, 2.45) is 5.92 Å². The summed E-state index contributed by atoms with van der Waals surface area (Å²) in [4.78, 5) is 14.2. The third-order valence-corrected chi connectivity index (χ3v) is 4.21. The van der Waals surface area contributed by atoms with E-state index in [9.17, 15) is 9.90 Å². The summed E-state index contributed by atoms with van der Waals surface area (Å²) in [5.41, 5.74) is 3.54. The molecule has 1 unspecified atom stereocenters. The monoisotopic (exact) mass is 314 g/mol. The molecule has 2 aromatic rings. The number of aliphatic hydroxyl groups is 1. The van der Waals surface area contributed by atoms with Crippen LogP contribution in [0.4, 0.5) is 10.5 Å². The molecule has 1 fully saturated rings. The number of aryl methyl sites for hydroxylation is 2. The van der Waals surface area contributed by atoms with E-state index in [1.165, 1.54) is 0 Å². The molecule has 2 N–H and O–H groups in total. The first-order chi connectivity index (χ1) is 11.1. The fourth-order valence-electron chi connectivity index (χ4n) is 3.00. The van der Waals surface area contributed by atoms with Crippen molar-refractivity contribution < 1.29 is 9.90 Å². The zero-order chi connectivity index (χ0) is 16.4. The molecule has 1 atom stereocenters. The van der Waals surface area contributed by atoms with Crippen LogP contribution in [0.5, 0.6) is 0 Å². The Labute approximate surface area is 135 Å². The SMILES string of the molecule is Cc1cc(C)n(-c2ccccc2NC(=O)N2CCC(CO)C2)n1. The molecule has 0 saturated carbocycles. The smallest absolute Gasteiger partial charge is 0.321 e. The first-order valence-electron chi connectivity index (χ1n) is 7.88. The Bertz CT molecular complexity index is 710. The Hall–Kier alpha value is -2.34. The summed E-state index contributed by atoms with van der Waals surface area (Å²) in [5.74, 6) is 0.187. The molecule has 1 saturated heterocycles. The number of aliphatic hydroxyl groups excluding tert-OH is 1. The highest BCUT2D eigenvalue weighted by atomic mass is 16.3. The van der Waals surface area contributed by atoms with Crippen LogP contribution in [0.2, 0.25) is 0 Å². The average Bonchev–Trinajstić information content (AvgIpc) is 3.14. The van der Waals surface area contributed by atoms with Crippen molar-refractivity contribution in [2.75, 3.05) is 25.0 Å². The zero-order valence-corrected chi connectivity index (χ0v) is 13.5. The molecule has 0 aliphatic carbocycles. The van der Waals surface area contributed by atoms with Crippen LogP contribution in [0.3, 0.4) is 0 Å². The second-order valence-corrected chi connectivity index (χ2v) is 6.07. The third-order valence-electron chi connectivity index (χ3n) is 4.21. The van der Waals surface area contributed by atoms with Gasteiger partial charge in [-0.1, -0.05) is 12.1 Å². The van der Waals surface area contributed by atoms with Gasteiger partial charge < -0.3 is 15.3 Å². The van der Waals surface area contributed by atoms with Gasteiger partial charge in [-0.2, -0.15) is 5.10 Å². The lowest BCUT2D eigenvalue weighted by Gasteiger charge is -2.19. The standard InChI is InChI=1S/C17H22N4O2/c1-12-9-13(2)21(19-12)16-6-4-3-5-15(16)18-17(23)20-8-7-14(10-20)11-22/h3-6,9,14,22H,7-8,10-11H2,1-2H3,(H,18,23). The summed E-state index contributed by atoms with van der Waals surface area (Å²) in [6.07, 6.45) is 0.850. The van der Waals surface area contributed by atoms with Crippen molar-refractivity contribution in [1.82, 2.24) is 14.7 Å². The molecular formula is C17H22N4O2. The Balaban J connectivity index is 1.81. The fraction of sp³-hybridized carbons (Fsp3) is 0.412. The lowest BCUT2D eigenvalue weighted by Crippen LogP contribution is -2.33. The Morgan fingerprint density at radius 1 is 1.39 bits per heavy atom. The van der Waals surface area contributed by atoms with Crippen molar-refractivity contribution in [3.8, 4) is 5.69 Å². The van der Waals surface area contributed by atoms with Crippen LogP contribution < -0.4 is 5.32 Å². The Morgan fingerprint density at radius 2 is 2.17 bits per heavy atom. The number of urea groups is 1. The molecule has 1 aromatic carbocycles. The molecule has 2 amide bonds. The average molecular weight is 314 g/mol. The number of anilines is 1. The van der Waals surface area contributed by atoms with E-state index in [2.05, 4.69) is 10.4 Å². The van der Waals surface area contributed by atoms with Gasteiger partial charge in [0.2, 0.25) is 0 Å². The topological polar surface area (TPSA) is 70.4 Å². The number of carbonyl (C=O) groups is 1. The first-order valence-corrected chi connectivity index (χ1v) is 7.88. The number of carbonyl (C=O) groups excluding carboxylic acids is 1. The van der Waals surface area contributed by atoms with Crippen LogP contribution in [0.15, 0.2) is 30.3 Å². The van der Waals surface area contributed by atoms with E-state index in [0.717, 1.165) is 29.2 Å². The summed E-state index contributed by atoms with van der Waals surface area (Å²) in [6, 6.07) is 9.52. The third kappa shape index (κ3) is 3.22. The molecule has 0 spiro atoms. The molecule has 6 heteroatoms. The molecular weight excluding hydrogens is 292 g/mol. The first kappa shape index (κ1) is 15.6. The van der Waals surface area contributed by atoms with Gasteiger partial charge in [-0.05, 0) is 38.5 Å². The number of rotatable bonds is 3. The summed E-state index contributed by atoms with van der Waals surface area (Å²) in [6.45, 7) is 5.35. The predicted octanol–water partition coefficient (Wildman–Crippen LogP) is 2.34.